The second-order valence-electron chi connectivity index (χ2n) is 11.1. The zero-order chi connectivity index (χ0) is 29.4. The van der Waals surface area contributed by atoms with Gasteiger partial charge in [-0.2, -0.15) is 0 Å². The number of nitrogens with one attached hydrogen (secondary N) is 2. The SMILES string of the molecule is CC(C)(C)OC(=O)NC1CCCCC1.Cn1c(C(=O)Nc2ccccc2COc2ccc(O)cc2)cc2sccc21. The molecule has 2 heterocycles. The number of alkyl carbamates (subject to hydrolysis) is 1. The van der Waals surface area contributed by atoms with Gasteiger partial charge in [0, 0.05) is 24.3 Å². The molecular formula is C32H39N3O5S. The number of carbonyl (C=O) groups is 2. The van der Waals surface area contributed by atoms with Gasteiger partial charge in [-0.25, -0.2) is 4.79 Å². The first-order valence-corrected chi connectivity index (χ1v) is 14.8. The number of aryl methyl sites for hydroxylation is 1. The highest BCUT2D eigenvalue weighted by molar-refractivity contribution is 7.17. The maximum absolute atomic E-state index is 12.8. The van der Waals surface area contributed by atoms with Crippen molar-refractivity contribution >= 4 is 39.2 Å². The molecule has 4 aromatic rings. The van der Waals surface area contributed by atoms with Crippen molar-refractivity contribution in [3.63, 3.8) is 0 Å². The number of phenols is 1. The Morgan fingerprint density at radius 2 is 1.73 bits per heavy atom. The van der Waals surface area contributed by atoms with Gasteiger partial charge in [0.2, 0.25) is 0 Å². The van der Waals surface area contributed by atoms with Crippen LogP contribution >= 0.6 is 11.3 Å². The Hall–Kier alpha value is -3.98. The number of hydrogen-bond acceptors (Lipinski definition) is 6. The van der Waals surface area contributed by atoms with E-state index in [1.165, 1.54) is 19.3 Å². The highest BCUT2D eigenvalue weighted by atomic mass is 32.1. The molecular weight excluding hydrogens is 538 g/mol. The average molecular weight is 578 g/mol. The van der Waals surface area contributed by atoms with Crippen LogP contribution < -0.4 is 15.4 Å². The summed E-state index contributed by atoms with van der Waals surface area (Å²) in [7, 11) is 1.89. The lowest BCUT2D eigenvalue weighted by Gasteiger charge is -2.25. The first-order chi connectivity index (χ1) is 19.6. The number of fused-ring (bicyclic) bond motifs is 1. The number of carbonyl (C=O) groups excluding carboxylic acids is 2. The zero-order valence-electron chi connectivity index (χ0n) is 24.1. The van der Waals surface area contributed by atoms with Crippen molar-refractivity contribution < 1.29 is 24.2 Å². The third kappa shape index (κ3) is 8.75. The predicted octanol–water partition coefficient (Wildman–Crippen LogP) is 7.62. The third-order valence-electron chi connectivity index (χ3n) is 6.72. The van der Waals surface area contributed by atoms with E-state index in [1.807, 2.05) is 74.2 Å². The summed E-state index contributed by atoms with van der Waals surface area (Å²) in [5, 5.41) is 17.3. The molecule has 1 aliphatic carbocycles. The van der Waals surface area contributed by atoms with Gasteiger partial charge in [0.15, 0.2) is 0 Å². The molecule has 0 spiro atoms. The molecule has 9 heteroatoms. The molecule has 0 saturated heterocycles. The van der Waals surface area contributed by atoms with Crippen LogP contribution in [0.3, 0.4) is 0 Å². The average Bonchev–Trinajstić information content (AvgIpc) is 3.52. The van der Waals surface area contributed by atoms with E-state index in [-0.39, 0.29) is 17.7 Å². The van der Waals surface area contributed by atoms with Crippen LogP contribution in [0.25, 0.3) is 10.2 Å². The molecule has 1 aliphatic rings. The highest BCUT2D eigenvalue weighted by Gasteiger charge is 2.20. The summed E-state index contributed by atoms with van der Waals surface area (Å²) < 4.78 is 13.9. The van der Waals surface area contributed by atoms with Gasteiger partial charge in [0.1, 0.15) is 29.4 Å². The smallest absolute Gasteiger partial charge is 0.407 e. The van der Waals surface area contributed by atoms with Crippen LogP contribution in [0.2, 0.25) is 0 Å². The fourth-order valence-electron chi connectivity index (χ4n) is 4.65. The lowest BCUT2D eigenvalue weighted by molar-refractivity contribution is 0.0493. The standard InChI is InChI=1S/C21H18N2O3S.C11H21NO2/c1-23-18-10-11-27-20(18)12-19(23)21(25)22-17-5-3-2-4-14(17)13-26-16-8-6-15(24)7-9-16;1-11(2,3)14-10(13)12-9-7-5-4-6-8-9/h2-12,24H,13H2,1H3,(H,22,25);9H,4-8H2,1-3H3,(H,12,13). The van der Waals surface area contributed by atoms with Crippen LogP contribution in [-0.2, 0) is 18.4 Å². The van der Waals surface area contributed by atoms with Crippen LogP contribution in [0.5, 0.6) is 11.5 Å². The minimum Gasteiger partial charge on any atom is -0.508 e. The quantitative estimate of drug-likeness (QED) is 0.219. The molecule has 2 amide bonds. The molecule has 1 saturated carbocycles. The number of rotatable bonds is 6. The second kappa shape index (κ2) is 13.6. The number of hydrogen-bond donors (Lipinski definition) is 3. The van der Waals surface area contributed by atoms with E-state index in [0.717, 1.165) is 28.6 Å². The van der Waals surface area contributed by atoms with Crippen molar-refractivity contribution in [2.24, 2.45) is 7.05 Å². The van der Waals surface area contributed by atoms with Crippen LogP contribution in [0.4, 0.5) is 10.5 Å². The fraction of sp³-hybridized carbons (Fsp3) is 0.375. The van der Waals surface area contributed by atoms with E-state index in [4.69, 9.17) is 9.47 Å². The summed E-state index contributed by atoms with van der Waals surface area (Å²) in [6.45, 7) is 5.96. The molecule has 2 aromatic carbocycles. The number of benzene rings is 2. The van der Waals surface area contributed by atoms with Crippen LogP contribution in [0.15, 0.2) is 66.0 Å². The largest absolute Gasteiger partial charge is 0.508 e. The van der Waals surface area contributed by atoms with Crippen molar-refractivity contribution in [2.45, 2.75) is 71.1 Å². The number of ether oxygens (including phenoxy) is 2. The van der Waals surface area contributed by atoms with E-state index in [2.05, 4.69) is 10.6 Å². The molecule has 0 unspecified atom stereocenters. The Labute approximate surface area is 245 Å². The second-order valence-corrected chi connectivity index (χ2v) is 12.1. The topological polar surface area (TPSA) is 102 Å². The Balaban J connectivity index is 0.000000234. The van der Waals surface area contributed by atoms with E-state index < -0.39 is 5.60 Å². The normalized spacial score (nSPS) is 13.7. The molecule has 3 N–H and O–H groups in total. The summed E-state index contributed by atoms with van der Waals surface area (Å²) in [5.74, 6) is 0.687. The molecule has 0 bridgehead atoms. The van der Waals surface area contributed by atoms with Gasteiger partial charge in [-0.1, -0.05) is 37.5 Å². The van der Waals surface area contributed by atoms with Crippen molar-refractivity contribution in [3.8, 4) is 11.5 Å². The number of anilines is 1. The fourth-order valence-corrected chi connectivity index (χ4v) is 5.50. The molecule has 218 valence electrons. The zero-order valence-corrected chi connectivity index (χ0v) is 24.9. The molecule has 8 nitrogen and oxygen atoms in total. The molecule has 1 fully saturated rings. The number of amides is 2. The van der Waals surface area contributed by atoms with Crippen LogP contribution in [-0.4, -0.2) is 33.3 Å². The van der Waals surface area contributed by atoms with E-state index >= 15 is 0 Å². The number of aromatic nitrogens is 1. The highest BCUT2D eigenvalue weighted by Crippen LogP contribution is 2.26. The minimum atomic E-state index is -0.390. The Bertz CT molecular complexity index is 1450. The number of phenolic OH excluding ortho intramolecular Hbond substituents is 1. The minimum absolute atomic E-state index is 0.155. The molecule has 41 heavy (non-hydrogen) atoms. The van der Waals surface area contributed by atoms with E-state index in [9.17, 15) is 14.7 Å². The molecule has 0 radical (unpaired) electrons. The number of nitrogens with zero attached hydrogens (tertiary/aromatic N) is 1. The maximum atomic E-state index is 12.8. The van der Waals surface area contributed by atoms with E-state index in [1.54, 1.807) is 35.6 Å². The Kier molecular flexibility index (Phi) is 9.94. The lowest BCUT2D eigenvalue weighted by atomic mass is 9.96. The van der Waals surface area contributed by atoms with Crippen LogP contribution in [0.1, 0.15) is 68.9 Å². The van der Waals surface area contributed by atoms with Crippen molar-refractivity contribution in [2.75, 3.05) is 5.32 Å². The Morgan fingerprint density at radius 1 is 1.02 bits per heavy atom. The van der Waals surface area contributed by atoms with Crippen molar-refractivity contribution in [1.82, 2.24) is 9.88 Å². The summed E-state index contributed by atoms with van der Waals surface area (Å²) >= 11 is 1.62. The molecule has 0 atom stereocenters. The number of para-hydroxylation sites is 1. The molecule has 2 aromatic heterocycles. The van der Waals surface area contributed by atoms with Crippen molar-refractivity contribution in [3.05, 3.63) is 77.3 Å². The lowest BCUT2D eigenvalue weighted by Crippen LogP contribution is -2.39. The maximum Gasteiger partial charge on any atom is 0.407 e. The first-order valence-electron chi connectivity index (χ1n) is 13.9. The number of thiophene rings is 1. The van der Waals surface area contributed by atoms with Gasteiger partial charge in [-0.15, -0.1) is 11.3 Å². The third-order valence-corrected chi connectivity index (χ3v) is 7.57. The summed E-state index contributed by atoms with van der Waals surface area (Å²) in [6, 6.07) is 18.4. The first kappa shape index (κ1) is 30.0. The van der Waals surface area contributed by atoms with Crippen molar-refractivity contribution in [1.29, 1.82) is 0 Å². The predicted molar refractivity (Wildman–Crippen MR) is 164 cm³/mol. The van der Waals surface area contributed by atoms with E-state index in [0.29, 0.717) is 29.8 Å². The van der Waals surface area contributed by atoms with Gasteiger partial charge in [0.05, 0.1) is 10.2 Å². The molecule has 0 aliphatic heterocycles. The van der Waals surface area contributed by atoms with Gasteiger partial charge < -0.3 is 29.8 Å². The van der Waals surface area contributed by atoms with Gasteiger partial charge in [0.25, 0.3) is 5.91 Å². The number of aromatic hydroxyl groups is 1. The summed E-state index contributed by atoms with van der Waals surface area (Å²) in [5.41, 5.74) is 2.86. The summed E-state index contributed by atoms with van der Waals surface area (Å²) in [6.07, 6.45) is 5.66. The Morgan fingerprint density at radius 3 is 2.41 bits per heavy atom. The molecule has 5 rings (SSSR count). The van der Waals surface area contributed by atoms with Crippen LogP contribution in [0, 0.1) is 0 Å². The monoisotopic (exact) mass is 577 g/mol. The van der Waals surface area contributed by atoms with Gasteiger partial charge in [-0.05, 0) is 81.5 Å². The van der Waals surface area contributed by atoms with Gasteiger partial charge in [-0.3, -0.25) is 4.79 Å². The summed E-state index contributed by atoms with van der Waals surface area (Å²) in [4.78, 5) is 24.2. The van der Waals surface area contributed by atoms with Gasteiger partial charge >= 0.3 is 6.09 Å².